The number of likely N-dealkylation sites (N-methyl/N-ethyl adjacent to an activating group) is 1. The van der Waals surface area contributed by atoms with Crippen LogP contribution in [0.25, 0.3) is 0 Å². The van der Waals surface area contributed by atoms with Crippen molar-refractivity contribution < 1.29 is 22.3 Å². The van der Waals surface area contributed by atoms with E-state index in [1.807, 2.05) is 7.05 Å². The molecular weight excluding hydrogens is 397 g/mol. The molecule has 2 aromatic rings. The Hall–Kier alpha value is -2.49. The first kappa shape index (κ1) is 22.8. The zero-order chi connectivity index (χ0) is 21.3. The number of nitrogens with zero attached hydrogens (tertiary/aromatic N) is 1. The molecule has 7 nitrogen and oxygen atoms in total. The number of hydrogen-bond acceptors (Lipinski definition) is 5. The predicted molar refractivity (Wildman–Crippen MR) is 110 cm³/mol. The van der Waals surface area contributed by atoms with Gasteiger partial charge in [-0.3, -0.25) is 9.52 Å². The summed E-state index contributed by atoms with van der Waals surface area (Å²) in [6.07, 6.45) is 0.914. The fourth-order valence-electron chi connectivity index (χ4n) is 2.59. The monoisotopic (exact) mass is 423 g/mol. The standard InChI is InChI=1S/C20H26FN3O4S/c1-24(13-5-15-28-2)14-12-22-20(25)16-8-10-17(11-9-16)29(26,27)23-19-7-4-3-6-18(19)21/h3-4,6-11,23H,5,12-15H2,1-2H3,(H,22,25). The summed E-state index contributed by atoms with van der Waals surface area (Å²) in [6, 6.07) is 11.0. The smallest absolute Gasteiger partial charge is 0.261 e. The van der Waals surface area contributed by atoms with Crippen molar-refractivity contribution in [2.75, 3.05) is 45.1 Å². The van der Waals surface area contributed by atoms with Crippen LogP contribution in [0.15, 0.2) is 53.4 Å². The van der Waals surface area contributed by atoms with Gasteiger partial charge in [0.2, 0.25) is 0 Å². The number of ether oxygens (including phenoxy) is 1. The molecule has 1 amide bonds. The Morgan fingerprint density at radius 3 is 2.45 bits per heavy atom. The fourth-order valence-corrected chi connectivity index (χ4v) is 3.65. The first-order chi connectivity index (χ1) is 13.8. The number of methoxy groups -OCH3 is 1. The van der Waals surface area contributed by atoms with Gasteiger partial charge >= 0.3 is 0 Å². The molecule has 0 atom stereocenters. The Labute approximate surface area is 170 Å². The van der Waals surface area contributed by atoms with Crippen molar-refractivity contribution in [1.29, 1.82) is 0 Å². The minimum Gasteiger partial charge on any atom is -0.385 e. The first-order valence-corrected chi connectivity index (χ1v) is 10.6. The van der Waals surface area contributed by atoms with Crippen molar-refractivity contribution in [3.8, 4) is 0 Å². The Balaban J connectivity index is 1.90. The second kappa shape index (κ2) is 10.9. The number of para-hydroxylation sites is 1. The van der Waals surface area contributed by atoms with Crippen LogP contribution in [-0.4, -0.2) is 59.6 Å². The Morgan fingerprint density at radius 2 is 1.79 bits per heavy atom. The molecule has 158 valence electrons. The van der Waals surface area contributed by atoms with Gasteiger partial charge in [-0.05, 0) is 49.9 Å². The van der Waals surface area contributed by atoms with E-state index in [0.29, 0.717) is 25.3 Å². The van der Waals surface area contributed by atoms with Gasteiger partial charge in [-0.2, -0.15) is 0 Å². The van der Waals surface area contributed by atoms with Crippen LogP contribution >= 0.6 is 0 Å². The average molecular weight is 424 g/mol. The maximum absolute atomic E-state index is 13.7. The minimum atomic E-state index is -3.96. The number of carbonyl (C=O) groups excluding carboxylic acids is 1. The van der Waals surface area contributed by atoms with Crippen LogP contribution in [0.5, 0.6) is 0 Å². The lowest BCUT2D eigenvalue weighted by Crippen LogP contribution is -2.33. The third-order valence-corrected chi connectivity index (χ3v) is 5.59. The van der Waals surface area contributed by atoms with Crippen LogP contribution in [0.1, 0.15) is 16.8 Å². The zero-order valence-corrected chi connectivity index (χ0v) is 17.3. The number of halogens is 1. The minimum absolute atomic E-state index is 0.0600. The molecule has 2 rings (SSSR count). The van der Waals surface area contributed by atoms with E-state index in [0.717, 1.165) is 13.0 Å². The average Bonchev–Trinajstić information content (AvgIpc) is 2.70. The molecule has 0 saturated heterocycles. The molecule has 9 heteroatoms. The third-order valence-electron chi connectivity index (χ3n) is 4.21. The van der Waals surface area contributed by atoms with Crippen LogP contribution in [0.4, 0.5) is 10.1 Å². The lowest BCUT2D eigenvalue weighted by molar-refractivity contribution is 0.0949. The Kier molecular flexibility index (Phi) is 8.56. The highest BCUT2D eigenvalue weighted by Crippen LogP contribution is 2.19. The number of carbonyl (C=O) groups is 1. The van der Waals surface area contributed by atoms with Gasteiger partial charge in [-0.15, -0.1) is 0 Å². The Morgan fingerprint density at radius 1 is 1.10 bits per heavy atom. The van der Waals surface area contributed by atoms with Crippen LogP contribution in [0, 0.1) is 5.82 Å². The number of rotatable bonds is 11. The van der Waals surface area contributed by atoms with Crippen LogP contribution < -0.4 is 10.0 Å². The molecule has 2 N–H and O–H groups in total. The molecule has 0 aliphatic heterocycles. The van der Waals surface area contributed by atoms with E-state index in [2.05, 4.69) is 14.9 Å². The molecular formula is C20H26FN3O4S. The summed E-state index contributed by atoms with van der Waals surface area (Å²) in [7, 11) is -0.334. The molecule has 0 saturated carbocycles. The fraction of sp³-hybridized carbons (Fsp3) is 0.350. The topological polar surface area (TPSA) is 87.7 Å². The second-order valence-electron chi connectivity index (χ2n) is 6.52. The number of benzene rings is 2. The molecule has 29 heavy (non-hydrogen) atoms. The van der Waals surface area contributed by atoms with Crippen LogP contribution in [0.2, 0.25) is 0 Å². The molecule has 0 heterocycles. The van der Waals surface area contributed by atoms with Gasteiger partial charge in [0.25, 0.3) is 15.9 Å². The van der Waals surface area contributed by atoms with E-state index in [9.17, 15) is 17.6 Å². The van der Waals surface area contributed by atoms with Crippen molar-refractivity contribution in [2.24, 2.45) is 0 Å². The van der Waals surface area contributed by atoms with Gasteiger partial charge in [-0.1, -0.05) is 12.1 Å². The molecule has 0 radical (unpaired) electrons. The number of amides is 1. The normalized spacial score (nSPS) is 11.4. The van der Waals surface area contributed by atoms with E-state index in [-0.39, 0.29) is 16.5 Å². The summed E-state index contributed by atoms with van der Waals surface area (Å²) >= 11 is 0. The number of hydrogen-bond donors (Lipinski definition) is 2. The van der Waals surface area contributed by atoms with Crippen molar-refractivity contribution >= 4 is 21.6 Å². The molecule has 0 bridgehead atoms. The third kappa shape index (κ3) is 7.12. The van der Waals surface area contributed by atoms with Crippen molar-refractivity contribution in [3.05, 3.63) is 59.9 Å². The quantitative estimate of drug-likeness (QED) is 0.542. The highest BCUT2D eigenvalue weighted by molar-refractivity contribution is 7.92. The Bertz CT molecular complexity index is 904. The highest BCUT2D eigenvalue weighted by atomic mass is 32.2. The summed E-state index contributed by atoms with van der Waals surface area (Å²) in [5.74, 6) is -0.958. The van der Waals surface area contributed by atoms with Gasteiger partial charge in [0.05, 0.1) is 10.6 Å². The van der Waals surface area contributed by atoms with E-state index < -0.39 is 15.8 Å². The summed E-state index contributed by atoms with van der Waals surface area (Å²) in [5.41, 5.74) is 0.209. The van der Waals surface area contributed by atoms with Gasteiger partial charge in [0.1, 0.15) is 5.82 Å². The second-order valence-corrected chi connectivity index (χ2v) is 8.20. The van der Waals surface area contributed by atoms with Crippen molar-refractivity contribution in [3.63, 3.8) is 0 Å². The molecule has 0 unspecified atom stereocenters. The van der Waals surface area contributed by atoms with Gasteiger partial charge in [0.15, 0.2) is 0 Å². The molecule has 0 aromatic heterocycles. The van der Waals surface area contributed by atoms with Gasteiger partial charge in [0, 0.05) is 38.9 Å². The summed E-state index contributed by atoms with van der Waals surface area (Å²) in [5, 5.41) is 2.80. The number of nitrogens with one attached hydrogen (secondary N) is 2. The van der Waals surface area contributed by atoms with Crippen LogP contribution in [-0.2, 0) is 14.8 Å². The van der Waals surface area contributed by atoms with Crippen molar-refractivity contribution in [2.45, 2.75) is 11.3 Å². The maximum Gasteiger partial charge on any atom is 0.261 e. The summed E-state index contributed by atoms with van der Waals surface area (Å²) < 4.78 is 45.7. The van der Waals surface area contributed by atoms with E-state index in [1.165, 1.54) is 48.5 Å². The molecule has 0 fully saturated rings. The number of sulfonamides is 1. The molecule has 2 aromatic carbocycles. The lowest BCUT2D eigenvalue weighted by atomic mass is 10.2. The van der Waals surface area contributed by atoms with E-state index in [1.54, 1.807) is 7.11 Å². The predicted octanol–water partition coefficient (Wildman–Crippen LogP) is 2.32. The number of anilines is 1. The SMILES string of the molecule is COCCCN(C)CCNC(=O)c1ccc(S(=O)(=O)Nc2ccccc2F)cc1. The van der Waals surface area contributed by atoms with Crippen molar-refractivity contribution in [1.82, 2.24) is 10.2 Å². The lowest BCUT2D eigenvalue weighted by Gasteiger charge is -2.16. The molecule has 0 aliphatic rings. The zero-order valence-electron chi connectivity index (χ0n) is 16.5. The van der Waals surface area contributed by atoms with E-state index in [4.69, 9.17) is 4.74 Å². The van der Waals surface area contributed by atoms with Gasteiger partial charge in [-0.25, -0.2) is 12.8 Å². The molecule has 0 spiro atoms. The van der Waals surface area contributed by atoms with Crippen LogP contribution in [0.3, 0.4) is 0 Å². The van der Waals surface area contributed by atoms with Gasteiger partial charge < -0.3 is 15.0 Å². The van der Waals surface area contributed by atoms with E-state index >= 15 is 0 Å². The highest BCUT2D eigenvalue weighted by Gasteiger charge is 2.17. The first-order valence-electron chi connectivity index (χ1n) is 9.16. The summed E-state index contributed by atoms with van der Waals surface area (Å²) in [4.78, 5) is 14.2. The maximum atomic E-state index is 13.7. The largest absolute Gasteiger partial charge is 0.385 e. The molecule has 0 aliphatic carbocycles. The summed E-state index contributed by atoms with van der Waals surface area (Å²) in [6.45, 7) is 2.72.